The van der Waals surface area contributed by atoms with Crippen LogP contribution in [0.5, 0.6) is 0 Å². The summed E-state index contributed by atoms with van der Waals surface area (Å²) in [5, 5.41) is 2.64. The number of nitrogens with one attached hydrogen (secondary N) is 1. The number of hydrogen-bond acceptors (Lipinski definition) is 8. The van der Waals surface area contributed by atoms with E-state index in [1.54, 1.807) is 45.0 Å². The Balaban J connectivity index is 1.59. The lowest BCUT2D eigenvalue weighted by molar-refractivity contribution is -0.134. The zero-order valence-corrected chi connectivity index (χ0v) is 22.5. The second-order valence-electron chi connectivity index (χ2n) is 11.5. The summed E-state index contributed by atoms with van der Waals surface area (Å²) in [7, 11) is 1.42. The van der Waals surface area contributed by atoms with Crippen molar-refractivity contribution in [3.8, 4) is 0 Å². The fourth-order valence-electron chi connectivity index (χ4n) is 4.07. The van der Waals surface area contributed by atoms with Crippen LogP contribution >= 0.6 is 0 Å². The molecule has 0 aromatic carbocycles. The molecule has 3 rings (SSSR count). The zero-order valence-electron chi connectivity index (χ0n) is 22.5. The Morgan fingerprint density at radius 1 is 1.20 bits per heavy atom. The van der Waals surface area contributed by atoms with E-state index in [1.807, 2.05) is 39.6 Å². The number of nitrogens with zero attached hydrogens (tertiary/aromatic N) is 4. The molecule has 0 aliphatic carbocycles. The van der Waals surface area contributed by atoms with Gasteiger partial charge in [-0.3, -0.25) is 4.79 Å². The minimum Gasteiger partial charge on any atom is -0.444 e. The summed E-state index contributed by atoms with van der Waals surface area (Å²) < 4.78 is 17.4. The average Bonchev–Trinajstić information content (AvgIpc) is 2.98. The molecule has 1 aromatic rings. The summed E-state index contributed by atoms with van der Waals surface area (Å²) in [5.41, 5.74) is -0.714. The molecule has 2 aliphatic heterocycles. The Kier molecular flexibility index (Phi) is 7.71. The molecule has 0 saturated carbocycles. The molecule has 11 heteroatoms. The van der Waals surface area contributed by atoms with Crippen LogP contribution in [0, 0.1) is 0 Å². The van der Waals surface area contributed by atoms with Crippen molar-refractivity contribution in [3.05, 3.63) is 12.4 Å². The number of anilines is 1. The number of likely N-dealkylation sites (tertiary alicyclic amines) is 1. The van der Waals surface area contributed by atoms with E-state index in [1.165, 1.54) is 0 Å². The molecule has 2 saturated heterocycles. The Labute approximate surface area is 209 Å². The Morgan fingerprint density at radius 3 is 2.31 bits per heavy atom. The molecular formula is C24H40BN5O5. The van der Waals surface area contributed by atoms with Crippen molar-refractivity contribution in [3.63, 3.8) is 0 Å². The van der Waals surface area contributed by atoms with E-state index in [2.05, 4.69) is 15.3 Å². The van der Waals surface area contributed by atoms with Gasteiger partial charge in [-0.15, -0.1) is 0 Å². The minimum absolute atomic E-state index is 0.0594. The van der Waals surface area contributed by atoms with E-state index in [0.29, 0.717) is 19.0 Å². The maximum Gasteiger partial charge on any atom is 0.498 e. The lowest BCUT2D eigenvalue weighted by Gasteiger charge is -2.38. The number of piperidine rings is 1. The lowest BCUT2D eigenvalue weighted by Crippen LogP contribution is -2.54. The van der Waals surface area contributed by atoms with Gasteiger partial charge in [-0.1, -0.05) is 0 Å². The fraction of sp³-hybridized carbons (Fsp3) is 0.750. The first-order chi connectivity index (χ1) is 16.1. The predicted molar refractivity (Wildman–Crippen MR) is 135 cm³/mol. The molecule has 0 unspecified atom stereocenters. The molecule has 10 nitrogen and oxygen atoms in total. The summed E-state index contributed by atoms with van der Waals surface area (Å²) in [4.78, 5) is 37.9. The smallest absolute Gasteiger partial charge is 0.444 e. The normalized spacial score (nSPS) is 22.5. The molecule has 35 heavy (non-hydrogen) atoms. The first kappa shape index (κ1) is 27.2. The molecular weight excluding hydrogens is 449 g/mol. The Hall–Kier alpha value is -2.40. The van der Waals surface area contributed by atoms with Crippen molar-refractivity contribution in [1.82, 2.24) is 20.2 Å². The summed E-state index contributed by atoms with van der Waals surface area (Å²) >= 11 is 0. The van der Waals surface area contributed by atoms with Gasteiger partial charge in [0.2, 0.25) is 11.9 Å². The Bertz CT molecular complexity index is 902. The van der Waals surface area contributed by atoms with Crippen molar-refractivity contribution in [2.24, 2.45) is 0 Å². The molecule has 3 heterocycles. The first-order valence-corrected chi connectivity index (χ1v) is 12.3. The SMILES string of the molecule is C[C@H](NC(=O)OC(C)(C)C)C(=O)N1CCC[C@@H](N(C)c2ncc(B3OC(C)(C)C(C)(C)O3)cn2)C1. The molecule has 194 valence electrons. The van der Waals surface area contributed by atoms with Gasteiger partial charge in [-0.25, -0.2) is 14.8 Å². The quantitative estimate of drug-likeness (QED) is 0.627. The lowest BCUT2D eigenvalue weighted by atomic mass is 9.81. The highest BCUT2D eigenvalue weighted by Crippen LogP contribution is 2.36. The highest BCUT2D eigenvalue weighted by atomic mass is 16.7. The average molecular weight is 489 g/mol. The van der Waals surface area contributed by atoms with E-state index in [9.17, 15) is 9.59 Å². The van der Waals surface area contributed by atoms with E-state index in [4.69, 9.17) is 14.0 Å². The van der Waals surface area contributed by atoms with E-state index < -0.39 is 36.1 Å². The third-order valence-electron chi connectivity index (χ3n) is 6.86. The fourth-order valence-corrected chi connectivity index (χ4v) is 4.07. The van der Waals surface area contributed by atoms with Gasteiger partial charge in [0.15, 0.2) is 0 Å². The van der Waals surface area contributed by atoms with Gasteiger partial charge >= 0.3 is 13.2 Å². The third kappa shape index (κ3) is 6.44. The van der Waals surface area contributed by atoms with Crippen LogP contribution in [0.2, 0.25) is 0 Å². The van der Waals surface area contributed by atoms with Gasteiger partial charge in [0, 0.05) is 44.0 Å². The van der Waals surface area contributed by atoms with Crippen LogP contribution in [0.15, 0.2) is 12.4 Å². The molecule has 2 fully saturated rings. The van der Waals surface area contributed by atoms with Crippen LogP contribution in [0.3, 0.4) is 0 Å². The molecule has 2 amide bonds. The van der Waals surface area contributed by atoms with Crippen LogP contribution in [-0.4, -0.2) is 83.0 Å². The second kappa shape index (κ2) is 9.93. The number of amides is 2. The molecule has 2 atom stereocenters. The first-order valence-electron chi connectivity index (χ1n) is 12.3. The van der Waals surface area contributed by atoms with Gasteiger partial charge in [0.05, 0.1) is 11.2 Å². The van der Waals surface area contributed by atoms with Gasteiger partial charge in [0.1, 0.15) is 11.6 Å². The zero-order chi connectivity index (χ0) is 26.2. The van der Waals surface area contributed by atoms with Gasteiger partial charge < -0.3 is 29.2 Å². The van der Waals surface area contributed by atoms with Crippen LogP contribution in [0.25, 0.3) is 0 Å². The highest BCUT2D eigenvalue weighted by Gasteiger charge is 2.52. The number of ether oxygens (including phenoxy) is 1. The number of rotatable bonds is 5. The van der Waals surface area contributed by atoms with Crippen molar-refractivity contribution >= 4 is 30.5 Å². The monoisotopic (exact) mass is 489 g/mol. The summed E-state index contributed by atoms with van der Waals surface area (Å²) in [6.07, 6.45) is 4.64. The standard InChI is InChI=1S/C24H40BN5O5/c1-16(28-21(32)33-22(2,3)4)19(31)30-12-10-11-18(15-30)29(9)20-26-13-17(14-27-20)25-34-23(5,6)24(7,8)35-25/h13-14,16,18H,10-12,15H2,1-9H3,(H,28,32)/t16-,18+/m0/s1. The van der Waals surface area contributed by atoms with Crippen molar-refractivity contribution < 1.29 is 23.6 Å². The van der Waals surface area contributed by atoms with Crippen LogP contribution in [0.4, 0.5) is 10.7 Å². The summed E-state index contributed by atoms with van der Waals surface area (Å²) in [5.74, 6) is 0.440. The number of carbonyl (C=O) groups is 2. The third-order valence-corrected chi connectivity index (χ3v) is 6.86. The number of likely N-dealkylation sites (N-methyl/N-ethyl adjacent to an activating group) is 1. The highest BCUT2D eigenvalue weighted by molar-refractivity contribution is 6.61. The van der Waals surface area contributed by atoms with Gasteiger partial charge in [0.25, 0.3) is 0 Å². The topological polar surface area (TPSA) is 106 Å². The minimum atomic E-state index is -0.677. The number of carbonyl (C=O) groups excluding carboxylic acids is 2. The van der Waals surface area contributed by atoms with Crippen molar-refractivity contribution in [2.75, 3.05) is 25.0 Å². The molecule has 0 radical (unpaired) electrons. The van der Waals surface area contributed by atoms with Gasteiger partial charge in [-0.05, 0) is 68.2 Å². The maximum absolute atomic E-state index is 13.0. The second-order valence-corrected chi connectivity index (χ2v) is 11.5. The van der Waals surface area contributed by atoms with Gasteiger partial charge in [-0.2, -0.15) is 0 Å². The van der Waals surface area contributed by atoms with E-state index in [0.717, 1.165) is 18.3 Å². The summed E-state index contributed by atoms with van der Waals surface area (Å²) in [6, 6.07) is -0.617. The molecule has 1 N–H and O–H groups in total. The maximum atomic E-state index is 13.0. The largest absolute Gasteiger partial charge is 0.498 e. The van der Waals surface area contributed by atoms with Crippen molar-refractivity contribution in [2.45, 2.75) is 97.1 Å². The van der Waals surface area contributed by atoms with Crippen LogP contribution < -0.4 is 15.7 Å². The van der Waals surface area contributed by atoms with Crippen LogP contribution in [-0.2, 0) is 18.8 Å². The van der Waals surface area contributed by atoms with Crippen LogP contribution in [0.1, 0.15) is 68.2 Å². The number of hydrogen-bond donors (Lipinski definition) is 1. The number of aromatic nitrogens is 2. The molecule has 0 bridgehead atoms. The predicted octanol–water partition coefficient (Wildman–Crippen LogP) is 2.12. The molecule has 0 spiro atoms. The Morgan fingerprint density at radius 2 is 1.77 bits per heavy atom. The summed E-state index contributed by atoms with van der Waals surface area (Å²) in [6.45, 7) is 16.2. The molecule has 2 aliphatic rings. The van der Waals surface area contributed by atoms with E-state index >= 15 is 0 Å². The van der Waals surface area contributed by atoms with Crippen molar-refractivity contribution in [1.29, 1.82) is 0 Å². The number of alkyl carbamates (subject to hydrolysis) is 1. The van der Waals surface area contributed by atoms with E-state index in [-0.39, 0.29) is 11.9 Å². The molecule has 1 aromatic heterocycles.